The minimum Gasteiger partial charge on any atom is -0.331 e. The number of halogens is 2. The molecule has 154 valence electrons. The number of pyridine rings is 1. The molecule has 0 spiro atoms. The Kier molecular flexibility index (Phi) is 5.62. The Labute approximate surface area is 188 Å². The van der Waals surface area contributed by atoms with Crippen LogP contribution in [0.25, 0.3) is 10.9 Å². The molecule has 0 aliphatic carbocycles. The standard InChI is InChI=1S/C23H21Cl2N3OS/c1-23(2,3)20-19(9-14-8-13-6-4-5-7-18(13)27-21(14)29)30-22(28-20)26-17-11-15(24)10-16(25)12-17/h4-8,10-12H,9H2,1-3H3,(H,26,28)(H,27,29). The Morgan fingerprint density at radius 2 is 1.77 bits per heavy atom. The maximum absolute atomic E-state index is 12.7. The van der Waals surface area contributed by atoms with Gasteiger partial charge >= 0.3 is 0 Å². The van der Waals surface area contributed by atoms with Gasteiger partial charge in [-0.3, -0.25) is 4.79 Å². The summed E-state index contributed by atoms with van der Waals surface area (Å²) in [5.41, 5.74) is 3.07. The Morgan fingerprint density at radius 3 is 2.47 bits per heavy atom. The second-order valence-electron chi connectivity index (χ2n) is 8.21. The van der Waals surface area contributed by atoms with Gasteiger partial charge in [0.1, 0.15) is 0 Å². The summed E-state index contributed by atoms with van der Waals surface area (Å²) < 4.78 is 0. The maximum Gasteiger partial charge on any atom is 0.251 e. The molecule has 0 saturated heterocycles. The molecule has 7 heteroatoms. The van der Waals surface area contributed by atoms with Crippen LogP contribution in [-0.2, 0) is 11.8 Å². The first kappa shape index (κ1) is 20.9. The molecule has 0 bridgehead atoms. The van der Waals surface area contributed by atoms with E-state index in [9.17, 15) is 4.79 Å². The highest BCUT2D eigenvalue weighted by Crippen LogP contribution is 2.35. The first-order valence-electron chi connectivity index (χ1n) is 9.53. The van der Waals surface area contributed by atoms with Crippen molar-refractivity contribution in [1.82, 2.24) is 9.97 Å². The van der Waals surface area contributed by atoms with Gasteiger partial charge in [-0.05, 0) is 35.7 Å². The highest BCUT2D eigenvalue weighted by atomic mass is 35.5. The third kappa shape index (κ3) is 4.53. The van der Waals surface area contributed by atoms with Crippen molar-refractivity contribution < 1.29 is 0 Å². The normalized spacial score (nSPS) is 11.8. The number of H-pyrrole nitrogens is 1. The molecule has 2 N–H and O–H groups in total. The summed E-state index contributed by atoms with van der Waals surface area (Å²) >= 11 is 13.8. The summed E-state index contributed by atoms with van der Waals surface area (Å²) in [4.78, 5) is 21.5. The van der Waals surface area contributed by atoms with Gasteiger partial charge in [-0.25, -0.2) is 4.98 Å². The van der Waals surface area contributed by atoms with Crippen molar-refractivity contribution in [1.29, 1.82) is 0 Å². The van der Waals surface area contributed by atoms with Crippen LogP contribution in [-0.4, -0.2) is 9.97 Å². The summed E-state index contributed by atoms with van der Waals surface area (Å²) in [7, 11) is 0. The van der Waals surface area contributed by atoms with Gasteiger partial charge in [0.25, 0.3) is 5.56 Å². The van der Waals surface area contributed by atoms with Crippen molar-refractivity contribution in [3.05, 3.63) is 85.1 Å². The Bertz CT molecular complexity index is 1270. The molecule has 0 fully saturated rings. The quantitative estimate of drug-likeness (QED) is 0.349. The number of rotatable bonds is 4. The molecule has 0 aliphatic rings. The van der Waals surface area contributed by atoms with Crippen LogP contribution in [0.15, 0.2) is 53.3 Å². The van der Waals surface area contributed by atoms with Gasteiger partial charge in [0.15, 0.2) is 5.13 Å². The highest BCUT2D eigenvalue weighted by molar-refractivity contribution is 7.15. The lowest BCUT2D eigenvalue weighted by Crippen LogP contribution is -2.17. The first-order valence-corrected chi connectivity index (χ1v) is 11.1. The van der Waals surface area contributed by atoms with E-state index in [1.54, 1.807) is 29.5 Å². The molecule has 4 rings (SSSR count). The molecule has 2 heterocycles. The summed E-state index contributed by atoms with van der Waals surface area (Å²) in [6.07, 6.45) is 0.516. The van der Waals surface area contributed by atoms with Crippen molar-refractivity contribution in [2.45, 2.75) is 32.6 Å². The maximum atomic E-state index is 12.7. The number of hydrogen-bond donors (Lipinski definition) is 2. The summed E-state index contributed by atoms with van der Waals surface area (Å²) in [5.74, 6) is 0. The van der Waals surface area contributed by atoms with Gasteiger partial charge in [0.2, 0.25) is 0 Å². The highest BCUT2D eigenvalue weighted by Gasteiger charge is 2.24. The van der Waals surface area contributed by atoms with Crippen LogP contribution < -0.4 is 10.9 Å². The molecule has 0 aliphatic heterocycles. The molecule has 0 unspecified atom stereocenters. The van der Waals surface area contributed by atoms with E-state index >= 15 is 0 Å². The Hall–Kier alpha value is -2.34. The SMILES string of the molecule is CC(C)(C)c1nc(Nc2cc(Cl)cc(Cl)c2)sc1Cc1cc2ccccc2[nH]c1=O. The molecule has 0 amide bonds. The van der Waals surface area contributed by atoms with Crippen LogP contribution >= 0.6 is 34.5 Å². The first-order chi connectivity index (χ1) is 14.2. The smallest absolute Gasteiger partial charge is 0.251 e. The van der Waals surface area contributed by atoms with E-state index in [1.165, 1.54) is 0 Å². The zero-order valence-corrected chi connectivity index (χ0v) is 19.2. The Morgan fingerprint density at radius 1 is 1.07 bits per heavy atom. The average Bonchev–Trinajstić information content (AvgIpc) is 3.04. The minimum absolute atomic E-state index is 0.0712. The van der Waals surface area contributed by atoms with E-state index in [0.29, 0.717) is 16.5 Å². The molecular formula is C23H21Cl2N3OS. The van der Waals surface area contributed by atoms with Gasteiger partial charge in [0, 0.05) is 43.5 Å². The predicted molar refractivity (Wildman–Crippen MR) is 128 cm³/mol. The van der Waals surface area contributed by atoms with Gasteiger partial charge in [0.05, 0.1) is 5.69 Å². The molecule has 2 aromatic heterocycles. The van der Waals surface area contributed by atoms with Crippen LogP contribution in [0, 0.1) is 0 Å². The number of nitrogens with zero attached hydrogens (tertiary/aromatic N) is 1. The number of fused-ring (bicyclic) bond motifs is 1. The second kappa shape index (κ2) is 8.06. The van der Waals surface area contributed by atoms with Crippen molar-refractivity contribution in [2.24, 2.45) is 0 Å². The number of hydrogen-bond acceptors (Lipinski definition) is 4. The molecule has 0 radical (unpaired) electrons. The fraction of sp³-hybridized carbons (Fsp3) is 0.217. The molecule has 4 nitrogen and oxygen atoms in total. The van der Waals surface area contributed by atoms with Gasteiger partial charge in [-0.2, -0.15) is 0 Å². The summed E-state index contributed by atoms with van der Waals surface area (Å²) in [6.45, 7) is 6.36. The van der Waals surface area contributed by atoms with Crippen LogP contribution in [0.3, 0.4) is 0 Å². The van der Waals surface area contributed by atoms with E-state index in [2.05, 4.69) is 31.1 Å². The van der Waals surface area contributed by atoms with Gasteiger partial charge < -0.3 is 10.3 Å². The van der Waals surface area contributed by atoms with E-state index in [1.807, 2.05) is 30.3 Å². The molecule has 4 aromatic rings. The van der Waals surface area contributed by atoms with Crippen LogP contribution in [0.5, 0.6) is 0 Å². The summed E-state index contributed by atoms with van der Waals surface area (Å²) in [5, 5.41) is 6.17. The number of para-hydroxylation sites is 1. The number of benzene rings is 2. The number of nitrogens with one attached hydrogen (secondary N) is 2. The third-order valence-corrected chi connectivity index (χ3v) is 6.11. The number of thiazole rings is 1. The Balaban J connectivity index is 1.72. The van der Waals surface area contributed by atoms with Gasteiger partial charge in [-0.15, -0.1) is 11.3 Å². The fourth-order valence-corrected chi connectivity index (χ4v) is 5.10. The molecule has 2 aromatic carbocycles. The lowest BCUT2D eigenvalue weighted by molar-refractivity contribution is 0.568. The van der Waals surface area contributed by atoms with Crippen LogP contribution in [0.2, 0.25) is 10.0 Å². The lowest BCUT2D eigenvalue weighted by Gasteiger charge is -2.17. The number of aromatic nitrogens is 2. The largest absolute Gasteiger partial charge is 0.331 e. The van der Waals surface area contributed by atoms with Crippen LogP contribution in [0.1, 0.15) is 36.9 Å². The second-order valence-corrected chi connectivity index (χ2v) is 10.2. The molecular weight excluding hydrogens is 437 g/mol. The fourth-order valence-electron chi connectivity index (χ4n) is 3.36. The van der Waals surface area contributed by atoms with E-state index in [4.69, 9.17) is 28.2 Å². The third-order valence-electron chi connectivity index (χ3n) is 4.70. The van der Waals surface area contributed by atoms with Gasteiger partial charge in [-0.1, -0.05) is 62.2 Å². The van der Waals surface area contributed by atoms with Crippen molar-refractivity contribution in [2.75, 3.05) is 5.32 Å². The predicted octanol–water partition coefficient (Wildman–Crippen LogP) is 6.92. The average molecular weight is 458 g/mol. The summed E-state index contributed by atoms with van der Waals surface area (Å²) in [6, 6.07) is 15.1. The van der Waals surface area contributed by atoms with Crippen molar-refractivity contribution >= 4 is 56.3 Å². The lowest BCUT2D eigenvalue weighted by atomic mass is 9.90. The molecule has 0 atom stereocenters. The minimum atomic E-state index is -0.165. The topological polar surface area (TPSA) is 57.8 Å². The van der Waals surface area contributed by atoms with Crippen molar-refractivity contribution in [3.8, 4) is 0 Å². The van der Waals surface area contributed by atoms with E-state index < -0.39 is 0 Å². The number of aromatic amines is 1. The van der Waals surface area contributed by atoms with Crippen molar-refractivity contribution in [3.63, 3.8) is 0 Å². The molecule has 30 heavy (non-hydrogen) atoms. The van der Waals surface area contributed by atoms with Crippen LogP contribution in [0.4, 0.5) is 10.8 Å². The zero-order valence-electron chi connectivity index (χ0n) is 16.8. The van der Waals surface area contributed by atoms with E-state index in [0.717, 1.165) is 37.9 Å². The van der Waals surface area contributed by atoms with E-state index in [-0.39, 0.29) is 11.0 Å². The number of anilines is 2. The monoisotopic (exact) mass is 457 g/mol. The zero-order chi connectivity index (χ0) is 21.5. The molecule has 0 saturated carbocycles.